The Morgan fingerprint density at radius 3 is 2.49 bits per heavy atom. The van der Waals surface area contributed by atoms with Crippen molar-refractivity contribution in [1.29, 1.82) is 0 Å². The molecule has 4 heterocycles. The smallest absolute Gasteiger partial charge is 0.416 e. The van der Waals surface area contributed by atoms with Crippen LogP contribution in [0.15, 0.2) is 30.6 Å². The molecule has 1 N–H and O–H groups in total. The number of hydrogen-bond acceptors (Lipinski definition) is 8. The molecule has 3 aromatic rings. The van der Waals surface area contributed by atoms with Crippen LogP contribution in [-0.4, -0.2) is 58.5 Å². The van der Waals surface area contributed by atoms with Crippen LogP contribution in [0.25, 0.3) is 0 Å². The van der Waals surface area contributed by atoms with Crippen LogP contribution in [0.3, 0.4) is 0 Å². The van der Waals surface area contributed by atoms with Gasteiger partial charge in [-0.15, -0.1) is 10.2 Å². The molecule has 1 aromatic carbocycles. The second kappa shape index (κ2) is 11.5. The minimum Gasteiger partial charge on any atom is -0.468 e. The van der Waals surface area contributed by atoms with Gasteiger partial charge in [0.2, 0.25) is 0 Å². The Kier molecular flexibility index (Phi) is 7.63. The lowest BCUT2D eigenvalue weighted by molar-refractivity contribution is -0.144. The van der Waals surface area contributed by atoms with Gasteiger partial charge in [0.1, 0.15) is 24.0 Å². The first kappa shape index (κ1) is 29.8. The van der Waals surface area contributed by atoms with E-state index in [1.54, 1.807) is 12.4 Å². The second-order valence-electron chi connectivity index (χ2n) is 12.7. The lowest BCUT2D eigenvalue weighted by Crippen LogP contribution is -2.35. The third kappa shape index (κ3) is 5.60. The first-order valence-electron chi connectivity index (χ1n) is 15.4. The number of pyridine rings is 1. The lowest BCUT2D eigenvalue weighted by atomic mass is 9.83. The minimum absolute atomic E-state index is 0.0511. The van der Waals surface area contributed by atoms with Crippen LogP contribution in [0, 0.1) is 11.8 Å². The molecule has 7 rings (SSSR count). The van der Waals surface area contributed by atoms with Crippen LogP contribution in [0.2, 0.25) is 0 Å². The number of aromatic nitrogens is 4. The van der Waals surface area contributed by atoms with Crippen molar-refractivity contribution in [2.75, 3.05) is 31.8 Å². The van der Waals surface area contributed by atoms with Gasteiger partial charge in [0.05, 0.1) is 38.3 Å². The summed E-state index contributed by atoms with van der Waals surface area (Å²) < 4.78 is 56.0. The molecule has 1 amide bonds. The van der Waals surface area contributed by atoms with Gasteiger partial charge < -0.3 is 19.4 Å². The second-order valence-corrected chi connectivity index (χ2v) is 12.7. The Hall–Kier alpha value is -3.84. The molecule has 2 aliphatic heterocycles. The molecule has 0 spiro atoms. The van der Waals surface area contributed by atoms with Crippen LogP contribution in [-0.2, 0) is 34.0 Å². The highest BCUT2D eigenvalue weighted by Crippen LogP contribution is 2.45. The number of aryl methyl sites for hydroxylation is 1. The van der Waals surface area contributed by atoms with Crippen LogP contribution in [0.1, 0.15) is 94.1 Å². The Bertz CT molecular complexity index is 1630. The number of ether oxygens (including phenoxy) is 2. The molecule has 2 aliphatic carbocycles. The van der Waals surface area contributed by atoms with E-state index in [9.17, 15) is 22.8 Å². The predicted octanol–water partition coefficient (Wildman–Crippen LogP) is 4.65. The highest BCUT2D eigenvalue weighted by atomic mass is 19.4. The summed E-state index contributed by atoms with van der Waals surface area (Å²) in [6, 6.07) is 5.07. The summed E-state index contributed by atoms with van der Waals surface area (Å²) in [5, 5.41) is 11.5. The van der Waals surface area contributed by atoms with Gasteiger partial charge in [0.15, 0.2) is 0 Å². The maximum Gasteiger partial charge on any atom is 0.416 e. The van der Waals surface area contributed by atoms with Crippen molar-refractivity contribution in [2.45, 2.75) is 62.7 Å². The monoisotopic (exact) mass is 624 g/mol. The van der Waals surface area contributed by atoms with Gasteiger partial charge in [-0.25, -0.2) is 9.78 Å². The summed E-state index contributed by atoms with van der Waals surface area (Å²) >= 11 is 0. The Balaban J connectivity index is 1.28. The van der Waals surface area contributed by atoms with Crippen LogP contribution >= 0.6 is 0 Å². The van der Waals surface area contributed by atoms with Crippen molar-refractivity contribution in [3.05, 3.63) is 69.9 Å². The van der Waals surface area contributed by atoms with Gasteiger partial charge in [-0.2, -0.15) is 13.2 Å². The summed E-state index contributed by atoms with van der Waals surface area (Å²) in [5.74, 6) is 0.254. The number of methoxy groups -OCH3 is 1. The number of benzene rings is 1. The highest BCUT2D eigenvalue weighted by molar-refractivity contribution is 6.10. The number of halogens is 3. The molecule has 45 heavy (non-hydrogen) atoms. The average molecular weight is 625 g/mol. The molecule has 0 radical (unpaired) electrons. The fourth-order valence-corrected chi connectivity index (χ4v) is 6.59. The van der Waals surface area contributed by atoms with E-state index in [4.69, 9.17) is 14.5 Å². The van der Waals surface area contributed by atoms with E-state index in [2.05, 4.69) is 15.5 Å². The molecule has 2 saturated carbocycles. The Morgan fingerprint density at radius 2 is 1.91 bits per heavy atom. The molecule has 238 valence electrons. The molecule has 0 unspecified atom stereocenters. The summed E-state index contributed by atoms with van der Waals surface area (Å²) in [4.78, 5) is 32.9. The maximum atomic E-state index is 14.6. The van der Waals surface area contributed by atoms with Crippen molar-refractivity contribution < 1.29 is 32.2 Å². The number of anilines is 1. The number of esters is 1. The van der Waals surface area contributed by atoms with Crippen molar-refractivity contribution in [2.24, 2.45) is 18.9 Å². The van der Waals surface area contributed by atoms with Gasteiger partial charge in [-0.1, -0.05) is 6.42 Å². The normalized spacial score (nSPS) is 20.0. The van der Waals surface area contributed by atoms with E-state index in [1.165, 1.54) is 18.1 Å². The minimum atomic E-state index is -4.75. The van der Waals surface area contributed by atoms with Gasteiger partial charge >= 0.3 is 12.1 Å². The quantitative estimate of drug-likeness (QED) is 0.325. The average Bonchev–Trinajstić information content (AvgIpc) is 3.65. The SMILES string of the molecule is COC(=O)[C@@H](NCC1CCC1)c1cc2c(c(C(F)(F)F)c1)CN(c1cc([C@@H](c3nncn3C)C3COC3)cc(C3CC3)n1)C2=O. The van der Waals surface area contributed by atoms with Crippen LogP contribution < -0.4 is 10.2 Å². The topological polar surface area (TPSA) is 111 Å². The molecule has 13 heteroatoms. The molecular formula is C32H35F3N6O4. The molecule has 0 bridgehead atoms. The molecule has 4 aliphatic rings. The van der Waals surface area contributed by atoms with E-state index in [1.807, 2.05) is 17.7 Å². The molecular weight excluding hydrogens is 589 g/mol. The number of nitrogens with one attached hydrogen (secondary N) is 1. The third-order valence-electron chi connectivity index (χ3n) is 9.62. The van der Waals surface area contributed by atoms with Crippen molar-refractivity contribution in [1.82, 2.24) is 25.1 Å². The third-order valence-corrected chi connectivity index (χ3v) is 9.62. The Labute approximate surface area is 258 Å². The van der Waals surface area contributed by atoms with Crippen molar-refractivity contribution in [3.63, 3.8) is 0 Å². The fourth-order valence-electron chi connectivity index (χ4n) is 6.59. The Morgan fingerprint density at radius 1 is 1.13 bits per heavy atom. The van der Waals surface area contributed by atoms with E-state index in [0.29, 0.717) is 31.5 Å². The van der Waals surface area contributed by atoms with E-state index >= 15 is 0 Å². The number of carbonyl (C=O) groups is 2. The number of amides is 1. The maximum absolute atomic E-state index is 14.6. The number of rotatable bonds is 10. The molecule has 1 saturated heterocycles. The number of carbonyl (C=O) groups excluding carboxylic acids is 2. The zero-order valence-corrected chi connectivity index (χ0v) is 25.1. The van der Waals surface area contributed by atoms with Gasteiger partial charge in [-0.3, -0.25) is 9.69 Å². The molecule has 2 atom stereocenters. The standard InChI is InChI=1S/C32H35F3N6O4/c1-40-16-37-39-29(40)27(21-14-45-15-21)19-10-25(18-6-7-18)38-26(11-19)41-13-23-22(30(41)42)8-20(9-24(23)32(33,34)35)28(31(43)44-2)36-12-17-4-3-5-17/h8-11,16-18,21,27-28,36H,3-7,12-15H2,1-2H3/t27-,28+/m1/s1. The first-order valence-corrected chi connectivity index (χ1v) is 15.4. The zero-order chi connectivity index (χ0) is 31.5. The first-order chi connectivity index (χ1) is 21.6. The molecule has 3 fully saturated rings. The lowest BCUT2D eigenvalue weighted by Gasteiger charge is -2.34. The van der Waals surface area contributed by atoms with E-state index < -0.39 is 29.7 Å². The molecule has 2 aromatic heterocycles. The summed E-state index contributed by atoms with van der Waals surface area (Å²) in [6.07, 6.45) is 1.86. The van der Waals surface area contributed by atoms with E-state index in [-0.39, 0.29) is 41.0 Å². The number of alkyl halides is 3. The van der Waals surface area contributed by atoms with Crippen molar-refractivity contribution in [3.8, 4) is 0 Å². The van der Waals surface area contributed by atoms with Crippen LogP contribution in [0.5, 0.6) is 0 Å². The largest absolute Gasteiger partial charge is 0.468 e. The zero-order valence-electron chi connectivity index (χ0n) is 25.1. The number of nitrogens with zero attached hydrogens (tertiary/aromatic N) is 5. The summed E-state index contributed by atoms with van der Waals surface area (Å²) in [6.45, 7) is 1.26. The van der Waals surface area contributed by atoms with Crippen molar-refractivity contribution >= 4 is 17.7 Å². The highest BCUT2D eigenvalue weighted by Gasteiger charge is 2.43. The van der Waals surface area contributed by atoms with Gasteiger partial charge in [0.25, 0.3) is 5.91 Å². The number of hydrogen-bond donors (Lipinski definition) is 1. The van der Waals surface area contributed by atoms with Crippen LogP contribution in [0.4, 0.5) is 19.0 Å². The predicted molar refractivity (Wildman–Crippen MR) is 155 cm³/mol. The van der Waals surface area contributed by atoms with E-state index in [0.717, 1.165) is 55.3 Å². The van der Waals surface area contributed by atoms with Gasteiger partial charge in [0, 0.05) is 30.1 Å². The summed E-state index contributed by atoms with van der Waals surface area (Å²) in [5.41, 5.74) is 0.578. The molecule has 10 nitrogen and oxygen atoms in total. The van der Waals surface area contributed by atoms with Gasteiger partial charge in [-0.05, 0) is 79.1 Å². The number of fused-ring (bicyclic) bond motifs is 1. The summed E-state index contributed by atoms with van der Waals surface area (Å²) in [7, 11) is 3.07. The fraction of sp³-hybridized carbons (Fsp3) is 0.531.